The molecule has 1 aliphatic rings. The topological polar surface area (TPSA) is 93.9 Å². The van der Waals surface area contributed by atoms with Crippen LogP contribution in [0.2, 0.25) is 0 Å². The molecule has 0 unspecified atom stereocenters. The minimum Gasteiger partial charge on any atom is -0.454 e. The summed E-state index contributed by atoms with van der Waals surface area (Å²) < 4.78 is 10.5. The number of ether oxygens (including phenoxy) is 2. The molecule has 0 atom stereocenters. The van der Waals surface area contributed by atoms with Crippen molar-refractivity contribution in [3.05, 3.63) is 23.8 Å². The predicted octanol–water partition coefficient (Wildman–Crippen LogP) is 0.0420. The lowest BCUT2D eigenvalue weighted by Crippen LogP contribution is -2.41. The second-order valence-corrected chi connectivity index (χ2v) is 4.27. The molecular formula is C12H15N3O4. The van der Waals surface area contributed by atoms with E-state index in [1.807, 2.05) is 23.5 Å². The van der Waals surface area contributed by atoms with Crippen LogP contribution in [-0.2, 0) is 11.3 Å². The number of nitrogens with two attached hydrogens (primary N) is 1. The number of hydrogen-bond acceptors (Lipinski definition) is 5. The highest BCUT2D eigenvalue weighted by Crippen LogP contribution is 2.32. The van der Waals surface area contributed by atoms with E-state index in [0.29, 0.717) is 12.3 Å². The number of amides is 3. The fraction of sp³-hybridized carbons (Fsp3) is 0.333. The van der Waals surface area contributed by atoms with E-state index in [0.717, 1.165) is 11.3 Å². The molecular weight excluding hydrogens is 250 g/mol. The molecule has 7 heteroatoms. The van der Waals surface area contributed by atoms with E-state index in [4.69, 9.17) is 15.2 Å². The van der Waals surface area contributed by atoms with E-state index >= 15 is 0 Å². The Kier molecular flexibility index (Phi) is 3.86. The second kappa shape index (κ2) is 5.57. The summed E-state index contributed by atoms with van der Waals surface area (Å²) in [6, 6.07) is 4.75. The molecule has 1 heterocycles. The van der Waals surface area contributed by atoms with E-state index in [9.17, 15) is 9.59 Å². The summed E-state index contributed by atoms with van der Waals surface area (Å²) in [7, 11) is 1.77. The largest absolute Gasteiger partial charge is 0.454 e. The fourth-order valence-electron chi connectivity index (χ4n) is 1.83. The summed E-state index contributed by atoms with van der Waals surface area (Å²) in [5.74, 6) is 0.987. The molecule has 0 saturated carbocycles. The molecule has 0 fully saturated rings. The molecule has 3 N–H and O–H groups in total. The molecule has 2 rings (SSSR count). The molecule has 1 aliphatic heterocycles. The average molecular weight is 265 g/mol. The number of nitrogens with one attached hydrogen (secondary N) is 1. The van der Waals surface area contributed by atoms with Crippen LogP contribution < -0.4 is 20.5 Å². The molecule has 7 nitrogen and oxygen atoms in total. The van der Waals surface area contributed by atoms with Gasteiger partial charge in [-0.25, -0.2) is 4.79 Å². The normalized spacial score (nSPS) is 12.5. The minimum atomic E-state index is -0.846. The zero-order chi connectivity index (χ0) is 13.8. The highest BCUT2D eigenvalue weighted by molar-refractivity contribution is 5.94. The number of urea groups is 1. The first kappa shape index (κ1) is 13.2. The van der Waals surface area contributed by atoms with Crippen LogP contribution in [0.3, 0.4) is 0 Å². The van der Waals surface area contributed by atoms with Crippen molar-refractivity contribution in [3.63, 3.8) is 0 Å². The Bertz CT molecular complexity index is 504. The van der Waals surface area contributed by atoms with Crippen molar-refractivity contribution in [2.75, 3.05) is 20.4 Å². The third-order valence-corrected chi connectivity index (χ3v) is 2.57. The third kappa shape index (κ3) is 3.59. The molecule has 102 valence electrons. The van der Waals surface area contributed by atoms with Gasteiger partial charge in [0.05, 0.1) is 6.54 Å². The number of primary amides is 1. The molecule has 19 heavy (non-hydrogen) atoms. The van der Waals surface area contributed by atoms with Gasteiger partial charge in [-0.15, -0.1) is 0 Å². The van der Waals surface area contributed by atoms with Gasteiger partial charge in [0, 0.05) is 6.54 Å². The Morgan fingerprint density at radius 1 is 1.37 bits per heavy atom. The summed E-state index contributed by atoms with van der Waals surface area (Å²) >= 11 is 0. The monoisotopic (exact) mass is 265 g/mol. The van der Waals surface area contributed by atoms with Crippen molar-refractivity contribution in [2.45, 2.75) is 6.54 Å². The van der Waals surface area contributed by atoms with Crippen molar-refractivity contribution >= 4 is 11.9 Å². The van der Waals surface area contributed by atoms with Gasteiger partial charge in [0.1, 0.15) is 0 Å². The maximum atomic E-state index is 11.3. The zero-order valence-electron chi connectivity index (χ0n) is 10.5. The van der Waals surface area contributed by atoms with E-state index < -0.39 is 11.9 Å². The first-order chi connectivity index (χ1) is 9.04. The number of rotatable bonds is 4. The van der Waals surface area contributed by atoms with Gasteiger partial charge in [0.15, 0.2) is 11.5 Å². The van der Waals surface area contributed by atoms with Crippen LogP contribution in [0.4, 0.5) is 4.79 Å². The van der Waals surface area contributed by atoms with Gasteiger partial charge in [-0.05, 0) is 24.7 Å². The maximum absolute atomic E-state index is 11.3. The van der Waals surface area contributed by atoms with Crippen molar-refractivity contribution in [3.8, 4) is 11.5 Å². The number of hydrogen-bond donors (Lipinski definition) is 2. The molecule has 1 aromatic rings. The van der Waals surface area contributed by atoms with E-state index in [1.54, 1.807) is 11.9 Å². The van der Waals surface area contributed by atoms with Crippen LogP contribution in [0.15, 0.2) is 18.2 Å². The number of likely N-dealkylation sites (N-methyl/N-ethyl adjacent to an activating group) is 1. The standard InChI is InChI=1S/C12H15N3O4/c1-15(6-11(16)14-12(13)17)5-8-2-3-9-10(4-8)19-7-18-9/h2-4H,5-7H2,1H3,(H3,13,14,16,17). The number of benzene rings is 1. The second-order valence-electron chi connectivity index (χ2n) is 4.27. The van der Waals surface area contributed by atoms with Gasteiger partial charge in [0.2, 0.25) is 12.7 Å². The van der Waals surface area contributed by atoms with Gasteiger partial charge in [-0.2, -0.15) is 0 Å². The Morgan fingerprint density at radius 2 is 2.11 bits per heavy atom. The third-order valence-electron chi connectivity index (χ3n) is 2.57. The number of fused-ring (bicyclic) bond motifs is 1. The summed E-state index contributed by atoms with van der Waals surface area (Å²) in [5.41, 5.74) is 5.85. The first-order valence-corrected chi connectivity index (χ1v) is 5.71. The molecule has 0 spiro atoms. The molecule has 3 amide bonds. The van der Waals surface area contributed by atoms with Gasteiger partial charge in [-0.1, -0.05) is 6.07 Å². The van der Waals surface area contributed by atoms with Crippen LogP contribution in [0.5, 0.6) is 11.5 Å². The number of imide groups is 1. The van der Waals surface area contributed by atoms with E-state index in [-0.39, 0.29) is 13.3 Å². The molecule has 0 saturated heterocycles. The molecule has 0 aliphatic carbocycles. The SMILES string of the molecule is CN(CC(=O)NC(N)=O)Cc1ccc2c(c1)OCO2. The summed E-state index contributed by atoms with van der Waals surface area (Å²) in [6.45, 7) is 0.857. The highest BCUT2D eigenvalue weighted by atomic mass is 16.7. The number of carbonyl (C=O) groups excluding carboxylic acids is 2. The van der Waals surface area contributed by atoms with Crippen molar-refractivity contribution in [1.29, 1.82) is 0 Å². The lowest BCUT2D eigenvalue weighted by Gasteiger charge is -2.15. The van der Waals surface area contributed by atoms with Crippen molar-refractivity contribution < 1.29 is 19.1 Å². The molecule has 0 radical (unpaired) electrons. The van der Waals surface area contributed by atoms with Crippen LogP contribution in [0.1, 0.15) is 5.56 Å². The first-order valence-electron chi connectivity index (χ1n) is 5.71. The van der Waals surface area contributed by atoms with Crippen LogP contribution in [0.25, 0.3) is 0 Å². The predicted molar refractivity (Wildman–Crippen MR) is 66.6 cm³/mol. The Balaban J connectivity index is 1.90. The molecule has 1 aromatic carbocycles. The van der Waals surface area contributed by atoms with Crippen molar-refractivity contribution in [1.82, 2.24) is 10.2 Å². The Morgan fingerprint density at radius 3 is 2.84 bits per heavy atom. The van der Waals surface area contributed by atoms with Gasteiger partial charge in [0.25, 0.3) is 0 Å². The summed E-state index contributed by atoms with van der Waals surface area (Å²) in [6.07, 6.45) is 0. The summed E-state index contributed by atoms with van der Waals surface area (Å²) in [4.78, 5) is 23.6. The number of carbonyl (C=O) groups is 2. The lowest BCUT2D eigenvalue weighted by molar-refractivity contribution is -0.120. The van der Waals surface area contributed by atoms with Gasteiger partial charge in [-0.3, -0.25) is 15.0 Å². The van der Waals surface area contributed by atoms with Gasteiger partial charge >= 0.3 is 6.03 Å². The maximum Gasteiger partial charge on any atom is 0.318 e. The fourth-order valence-corrected chi connectivity index (χ4v) is 1.83. The smallest absolute Gasteiger partial charge is 0.318 e. The van der Waals surface area contributed by atoms with Crippen molar-refractivity contribution in [2.24, 2.45) is 5.73 Å². The highest BCUT2D eigenvalue weighted by Gasteiger charge is 2.14. The van der Waals surface area contributed by atoms with E-state index in [2.05, 4.69) is 0 Å². The molecule has 0 bridgehead atoms. The number of nitrogens with zero attached hydrogens (tertiary/aromatic N) is 1. The minimum absolute atomic E-state index is 0.0807. The average Bonchev–Trinajstić information content (AvgIpc) is 2.74. The van der Waals surface area contributed by atoms with Crippen LogP contribution >= 0.6 is 0 Å². The Labute approximate surface area is 110 Å². The Hall–Kier alpha value is -2.28. The quantitative estimate of drug-likeness (QED) is 0.801. The lowest BCUT2D eigenvalue weighted by atomic mass is 10.2. The molecule has 0 aromatic heterocycles. The van der Waals surface area contributed by atoms with E-state index in [1.165, 1.54) is 0 Å². The van der Waals surface area contributed by atoms with Gasteiger partial charge < -0.3 is 15.2 Å². The van der Waals surface area contributed by atoms with Crippen LogP contribution in [0, 0.1) is 0 Å². The van der Waals surface area contributed by atoms with Crippen LogP contribution in [-0.4, -0.2) is 37.2 Å². The summed E-state index contributed by atoms with van der Waals surface area (Å²) in [5, 5.41) is 2.01. The zero-order valence-corrected chi connectivity index (χ0v) is 10.5.